The molecule has 0 aliphatic carbocycles. The molecule has 1 aliphatic rings. The largest absolute Gasteiger partial charge is 0.309 e. The van der Waals surface area contributed by atoms with E-state index in [1.165, 1.54) is 17.7 Å². The van der Waals surface area contributed by atoms with Crippen LogP contribution in [0.5, 0.6) is 0 Å². The first-order valence-electron chi connectivity index (χ1n) is 7.07. The SMILES string of the molecule is CCCC(c1cccs1)N1CC(C)(C)NCC1C. The van der Waals surface area contributed by atoms with Crippen LogP contribution in [0.2, 0.25) is 0 Å². The van der Waals surface area contributed by atoms with E-state index in [0.717, 1.165) is 13.1 Å². The fourth-order valence-corrected chi connectivity index (χ4v) is 3.73. The number of hydrogen-bond donors (Lipinski definition) is 1. The minimum Gasteiger partial charge on any atom is -0.309 e. The molecule has 2 nitrogen and oxygen atoms in total. The second kappa shape index (κ2) is 5.72. The van der Waals surface area contributed by atoms with Crippen molar-refractivity contribution in [2.45, 2.75) is 58.2 Å². The summed E-state index contributed by atoms with van der Waals surface area (Å²) in [5, 5.41) is 5.85. The molecule has 0 spiro atoms. The van der Waals surface area contributed by atoms with Crippen molar-refractivity contribution in [2.75, 3.05) is 13.1 Å². The maximum absolute atomic E-state index is 3.64. The average molecular weight is 266 g/mol. The smallest absolute Gasteiger partial charge is 0.0445 e. The molecule has 1 fully saturated rings. The summed E-state index contributed by atoms with van der Waals surface area (Å²) in [5.74, 6) is 0. The van der Waals surface area contributed by atoms with Gasteiger partial charge in [0.25, 0.3) is 0 Å². The Morgan fingerprint density at radius 2 is 2.33 bits per heavy atom. The molecule has 0 bridgehead atoms. The lowest BCUT2D eigenvalue weighted by molar-refractivity contribution is 0.0589. The van der Waals surface area contributed by atoms with Gasteiger partial charge >= 0.3 is 0 Å². The molecule has 1 aromatic heterocycles. The Morgan fingerprint density at radius 3 is 2.94 bits per heavy atom. The second-order valence-electron chi connectivity index (χ2n) is 6.11. The van der Waals surface area contributed by atoms with Crippen molar-refractivity contribution in [3.8, 4) is 0 Å². The zero-order valence-corrected chi connectivity index (χ0v) is 12.9. The summed E-state index contributed by atoms with van der Waals surface area (Å²) in [5.41, 5.74) is 0.232. The molecule has 1 N–H and O–H groups in total. The highest BCUT2D eigenvalue weighted by atomic mass is 32.1. The summed E-state index contributed by atoms with van der Waals surface area (Å²) < 4.78 is 0. The lowest BCUT2D eigenvalue weighted by Crippen LogP contribution is -2.61. The van der Waals surface area contributed by atoms with Gasteiger partial charge in [-0.05, 0) is 38.6 Å². The summed E-state index contributed by atoms with van der Waals surface area (Å²) in [4.78, 5) is 4.23. The molecule has 2 heterocycles. The zero-order valence-electron chi connectivity index (χ0n) is 12.1. The molecule has 0 saturated carbocycles. The van der Waals surface area contributed by atoms with Crippen LogP contribution in [0.3, 0.4) is 0 Å². The Kier molecular flexibility index (Phi) is 4.46. The fourth-order valence-electron chi connectivity index (χ4n) is 2.85. The first-order chi connectivity index (χ1) is 8.53. The second-order valence-corrected chi connectivity index (χ2v) is 7.09. The number of nitrogens with zero attached hydrogens (tertiary/aromatic N) is 1. The molecule has 0 aromatic carbocycles. The summed E-state index contributed by atoms with van der Waals surface area (Å²) in [6.45, 7) is 11.5. The first-order valence-corrected chi connectivity index (χ1v) is 7.95. The van der Waals surface area contributed by atoms with Crippen molar-refractivity contribution < 1.29 is 0 Å². The molecule has 3 heteroatoms. The average Bonchev–Trinajstić information content (AvgIpc) is 2.83. The lowest BCUT2D eigenvalue weighted by Gasteiger charge is -2.47. The van der Waals surface area contributed by atoms with E-state index in [0.29, 0.717) is 12.1 Å². The van der Waals surface area contributed by atoms with Crippen LogP contribution in [0.15, 0.2) is 17.5 Å². The third kappa shape index (κ3) is 3.14. The molecule has 2 unspecified atom stereocenters. The number of nitrogens with one attached hydrogen (secondary N) is 1. The predicted molar refractivity (Wildman–Crippen MR) is 80.2 cm³/mol. The molecular weight excluding hydrogens is 240 g/mol. The Labute approximate surface area is 115 Å². The first kappa shape index (κ1) is 14.0. The maximum Gasteiger partial charge on any atom is 0.0445 e. The van der Waals surface area contributed by atoms with E-state index < -0.39 is 0 Å². The van der Waals surface area contributed by atoms with Crippen molar-refractivity contribution in [1.82, 2.24) is 10.2 Å². The minimum absolute atomic E-state index is 0.232. The number of thiophene rings is 1. The van der Waals surface area contributed by atoms with Gasteiger partial charge in [0, 0.05) is 35.6 Å². The standard InChI is InChI=1S/C15H26N2S/c1-5-7-13(14-8-6-9-18-14)17-11-15(3,4)16-10-12(17)2/h6,8-9,12-13,16H,5,7,10-11H2,1-4H3. The van der Waals surface area contributed by atoms with E-state index in [9.17, 15) is 0 Å². The molecule has 1 aliphatic heterocycles. The van der Waals surface area contributed by atoms with Gasteiger partial charge in [0.2, 0.25) is 0 Å². The third-order valence-corrected chi connectivity index (χ3v) is 4.83. The minimum atomic E-state index is 0.232. The number of hydrogen-bond acceptors (Lipinski definition) is 3. The van der Waals surface area contributed by atoms with Gasteiger partial charge in [-0.1, -0.05) is 19.4 Å². The topological polar surface area (TPSA) is 15.3 Å². The summed E-state index contributed by atoms with van der Waals surface area (Å²) >= 11 is 1.90. The van der Waals surface area contributed by atoms with Crippen LogP contribution in [0.4, 0.5) is 0 Å². The Morgan fingerprint density at radius 1 is 1.56 bits per heavy atom. The van der Waals surface area contributed by atoms with Crippen LogP contribution in [-0.4, -0.2) is 29.6 Å². The van der Waals surface area contributed by atoms with Crippen molar-refractivity contribution >= 4 is 11.3 Å². The molecular formula is C15H26N2S. The van der Waals surface area contributed by atoms with E-state index >= 15 is 0 Å². The lowest BCUT2D eigenvalue weighted by atomic mass is 9.95. The summed E-state index contributed by atoms with van der Waals surface area (Å²) in [6, 6.07) is 5.70. The van der Waals surface area contributed by atoms with E-state index in [-0.39, 0.29) is 5.54 Å². The fraction of sp³-hybridized carbons (Fsp3) is 0.733. The van der Waals surface area contributed by atoms with Crippen molar-refractivity contribution in [2.24, 2.45) is 0 Å². The molecule has 2 rings (SSSR count). The van der Waals surface area contributed by atoms with Crippen LogP contribution >= 0.6 is 11.3 Å². The van der Waals surface area contributed by atoms with Crippen LogP contribution < -0.4 is 5.32 Å². The summed E-state index contributed by atoms with van der Waals surface area (Å²) in [7, 11) is 0. The van der Waals surface area contributed by atoms with Gasteiger partial charge < -0.3 is 5.32 Å². The Balaban J connectivity index is 2.18. The Hall–Kier alpha value is -0.380. The van der Waals surface area contributed by atoms with Crippen LogP contribution in [0, 0.1) is 0 Å². The predicted octanol–water partition coefficient (Wildman–Crippen LogP) is 3.66. The van der Waals surface area contributed by atoms with Gasteiger partial charge in [-0.2, -0.15) is 0 Å². The monoisotopic (exact) mass is 266 g/mol. The van der Waals surface area contributed by atoms with Gasteiger partial charge in [-0.25, -0.2) is 0 Å². The molecule has 2 atom stereocenters. The molecule has 102 valence electrons. The van der Waals surface area contributed by atoms with Crippen molar-refractivity contribution in [3.05, 3.63) is 22.4 Å². The molecule has 1 saturated heterocycles. The van der Waals surface area contributed by atoms with E-state index in [1.54, 1.807) is 0 Å². The highest BCUT2D eigenvalue weighted by Gasteiger charge is 2.34. The van der Waals surface area contributed by atoms with Gasteiger partial charge in [-0.15, -0.1) is 11.3 Å². The van der Waals surface area contributed by atoms with Crippen LogP contribution in [0.1, 0.15) is 51.5 Å². The van der Waals surface area contributed by atoms with E-state index in [2.05, 4.69) is 55.4 Å². The third-order valence-electron chi connectivity index (χ3n) is 3.85. The molecule has 0 amide bonds. The number of rotatable bonds is 4. The highest BCUT2D eigenvalue weighted by Crippen LogP contribution is 2.33. The maximum atomic E-state index is 3.64. The normalized spacial score (nSPS) is 26.1. The van der Waals surface area contributed by atoms with Gasteiger partial charge in [0.15, 0.2) is 0 Å². The van der Waals surface area contributed by atoms with E-state index in [4.69, 9.17) is 0 Å². The van der Waals surface area contributed by atoms with Gasteiger partial charge in [0.05, 0.1) is 0 Å². The zero-order chi connectivity index (χ0) is 13.2. The van der Waals surface area contributed by atoms with Crippen molar-refractivity contribution in [3.63, 3.8) is 0 Å². The van der Waals surface area contributed by atoms with E-state index in [1.807, 2.05) is 11.3 Å². The van der Waals surface area contributed by atoms with Gasteiger partial charge in [0.1, 0.15) is 0 Å². The molecule has 18 heavy (non-hydrogen) atoms. The summed E-state index contributed by atoms with van der Waals surface area (Å²) in [6.07, 6.45) is 2.51. The molecule has 1 aromatic rings. The van der Waals surface area contributed by atoms with Crippen LogP contribution in [0.25, 0.3) is 0 Å². The number of piperazine rings is 1. The highest BCUT2D eigenvalue weighted by molar-refractivity contribution is 7.10. The van der Waals surface area contributed by atoms with Crippen molar-refractivity contribution in [1.29, 1.82) is 0 Å². The van der Waals surface area contributed by atoms with Gasteiger partial charge in [-0.3, -0.25) is 4.90 Å². The van der Waals surface area contributed by atoms with Crippen LogP contribution in [-0.2, 0) is 0 Å². The Bertz CT molecular complexity index is 359. The molecule has 0 radical (unpaired) electrons. The quantitative estimate of drug-likeness (QED) is 0.894.